The number of carboxylic acid groups (broad SMARTS) is 2. The fraction of sp³-hybridized carbons (Fsp3) is 0.417. The molecule has 0 atom stereocenters. The van der Waals surface area contributed by atoms with Crippen molar-refractivity contribution in [1.82, 2.24) is 9.80 Å². The van der Waals surface area contributed by atoms with E-state index < -0.39 is 11.9 Å². The topological polar surface area (TPSA) is 118 Å². The quantitative estimate of drug-likeness (QED) is 0.521. The molecule has 0 bridgehead atoms. The summed E-state index contributed by atoms with van der Waals surface area (Å²) < 4.78 is 22.3. The maximum Gasteiger partial charge on any atom is 0.414 e. The number of benzene rings is 2. The van der Waals surface area contributed by atoms with Gasteiger partial charge in [-0.05, 0) is 18.2 Å². The first-order valence-corrected chi connectivity index (χ1v) is 10.8. The molecular formula is C24H32N2O8. The summed E-state index contributed by atoms with van der Waals surface area (Å²) in [5, 5.41) is 14.8. The molecule has 0 spiro atoms. The summed E-state index contributed by atoms with van der Waals surface area (Å²) in [7, 11) is 4.95. The molecule has 1 heterocycles. The van der Waals surface area contributed by atoms with E-state index in [4.69, 9.17) is 38.7 Å². The number of carboxylic acids is 2. The summed E-state index contributed by atoms with van der Waals surface area (Å²) in [5.41, 5.74) is 1.11. The third-order valence-corrected chi connectivity index (χ3v) is 5.25. The number of rotatable bonds is 9. The van der Waals surface area contributed by atoms with Gasteiger partial charge in [-0.25, -0.2) is 9.59 Å². The SMILES string of the molecule is COc1ccc(CN2CCN(CCOc3ccccc3)CC2)c(OC)c1OC.O=C(O)C(=O)O. The molecule has 34 heavy (non-hydrogen) atoms. The molecule has 1 aliphatic rings. The van der Waals surface area contributed by atoms with E-state index in [-0.39, 0.29) is 0 Å². The van der Waals surface area contributed by atoms with Gasteiger partial charge in [0.2, 0.25) is 5.75 Å². The molecule has 10 nitrogen and oxygen atoms in total. The molecule has 0 radical (unpaired) electrons. The highest BCUT2D eigenvalue weighted by Gasteiger charge is 2.21. The van der Waals surface area contributed by atoms with Crippen LogP contribution >= 0.6 is 0 Å². The normalized spacial score (nSPS) is 13.9. The largest absolute Gasteiger partial charge is 0.493 e. The van der Waals surface area contributed by atoms with E-state index in [2.05, 4.69) is 15.9 Å². The number of hydrogen-bond donors (Lipinski definition) is 2. The molecule has 2 aromatic rings. The van der Waals surface area contributed by atoms with E-state index in [1.54, 1.807) is 21.3 Å². The number of methoxy groups -OCH3 is 3. The highest BCUT2D eigenvalue weighted by atomic mass is 16.5. The van der Waals surface area contributed by atoms with Crippen LogP contribution in [0.25, 0.3) is 0 Å². The second-order valence-corrected chi connectivity index (χ2v) is 7.38. The second-order valence-electron chi connectivity index (χ2n) is 7.38. The van der Waals surface area contributed by atoms with Gasteiger partial charge in [-0.3, -0.25) is 9.80 Å². The summed E-state index contributed by atoms with van der Waals surface area (Å²) in [4.78, 5) is 23.1. The Bertz CT molecular complexity index is 903. The van der Waals surface area contributed by atoms with Crippen molar-refractivity contribution >= 4 is 11.9 Å². The van der Waals surface area contributed by atoms with E-state index in [1.165, 1.54) is 0 Å². The Hall–Kier alpha value is -3.50. The highest BCUT2D eigenvalue weighted by Crippen LogP contribution is 2.40. The van der Waals surface area contributed by atoms with Gasteiger partial charge >= 0.3 is 11.9 Å². The lowest BCUT2D eigenvalue weighted by molar-refractivity contribution is -0.159. The van der Waals surface area contributed by atoms with Crippen LogP contribution in [0.15, 0.2) is 42.5 Å². The maximum absolute atomic E-state index is 9.10. The average molecular weight is 477 g/mol. The zero-order valence-electron chi connectivity index (χ0n) is 19.7. The Morgan fingerprint density at radius 3 is 1.91 bits per heavy atom. The minimum absolute atomic E-state index is 0.652. The second kappa shape index (κ2) is 13.9. The third kappa shape index (κ3) is 8.13. The zero-order chi connectivity index (χ0) is 24.9. The molecular weight excluding hydrogens is 444 g/mol. The molecule has 0 aliphatic carbocycles. The lowest BCUT2D eigenvalue weighted by Gasteiger charge is -2.34. The number of hydrogen-bond acceptors (Lipinski definition) is 8. The van der Waals surface area contributed by atoms with Crippen molar-refractivity contribution in [3.8, 4) is 23.0 Å². The predicted octanol–water partition coefficient (Wildman–Crippen LogP) is 2.06. The first kappa shape index (κ1) is 26.7. The molecule has 2 N–H and O–H groups in total. The standard InChI is InChI=1S/C22H30N2O4.C2H2O4/c1-25-20-10-9-18(21(26-2)22(20)27-3)17-24-13-11-23(12-14-24)15-16-28-19-7-5-4-6-8-19;3-1(4)2(5)6/h4-10H,11-17H2,1-3H3;(H,3,4)(H,5,6). The molecule has 2 aromatic carbocycles. The smallest absolute Gasteiger partial charge is 0.414 e. The summed E-state index contributed by atoms with van der Waals surface area (Å²) in [5.74, 6) is -0.627. The fourth-order valence-electron chi connectivity index (χ4n) is 3.51. The molecule has 1 saturated heterocycles. The van der Waals surface area contributed by atoms with Gasteiger partial charge < -0.3 is 29.2 Å². The molecule has 1 fully saturated rings. The Balaban J connectivity index is 0.000000604. The molecule has 186 valence electrons. The third-order valence-electron chi connectivity index (χ3n) is 5.25. The number of carbonyl (C=O) groups is 2. The van der Waals surface area contributed by atoms with Gasteiger partial charge in [0.15, 0.2) is 11.5 Å². The Kier molecular flexibility index (Phi) is 10.9. The summed E-state index contributed by atoms with van der Waals surface area (Å²) >= 11 is 0. The lowest BCUT2D eigenvalue weighted by Crippen LogP contribution is -2.47. The van der Waals surface area contributed by atoms with Crippen LogP contribution in [0.3, 0.4) is 0 Å². The summed E-state index contributed by atoms with van der Waals surface area (Å²) in [6.07, 6.45) is 0. The van der Waals surface area contributed by atoms with Gasteiger partial charge in [0.05, 0.1) is 21.3 Å². The van der Waals surface area contributed by atoms with Crippen molar-refractivity contribution in [3.05, 3.63) is 48.0 Å². The van der Waals surface area contributed by atoms with Crippen molar-refractivity contribution in [2.45, 2.75) is 6.54 Å². The van der Waals surface area contributed by atoms with Gasteiger partial charge in [-0.2, -0.15) is 0 Å². The molecule has 0 amide bonds. The Morgan fingerprint density at radius 1 is 0.794 bits per heavy atom. The Morgan fingerprint density at radius 2 is 1.38 bits per heavy atom. The number of nitrogens with zero attached hydrogens (tertiary/aromatic N) is 2. The highest BCUT2D eigenvalue weighted by molar-refractivity contribution is 6.27. The van der Waals surface area contributed by atoms with E-state index in [1.807, 2.05) is 36.4 Å². The molecule has 0 aromatic heterocycles. The monoisotopic (exact) mass is 476 g/mol. The molecule has 1 aliphatic heterocycles. The molecule has 0 unspecified atom stereocenters. The number of ether oxygens (including phenoxy) is 4. The molecule has 0 saturated carbocycles. The van der Waals surface area contributed by atoms with Crippen molar-refractivity contribution in [2.75, 3.05) is 60.7 Å². The zero-order valence-corrected chi connectivity index (χ0v) is 19.7. The maximum atomic E-state index is 9.10. The van der Waals surface area contributed by atoms with E-state index >= 15 is 0 Å². The van der Waals surface area contributed by atoms with Gasteiger partial charge in [-0.1, -0.05) is 24.3 Å². The number of piperazine rings is 1. The van der Waals surface area contributed by atoms with Gasteiger partial charge in [0, 0.05) is 44.8 Å². The first-order chi connectivity index (χ1) is 16.4. The number of aliphatic carboxylic acids is 2. The van der Waals surface area contributed by atoms with Crippen molar-refractivity contribution < 1.29 is 38.7 Å². The van der Waals surface area contributed by atoms with E-state index in [0.29, 0.717) is 18.1 Å². The van der Waals surface area contributed by atoms with Crippen LogP contribution in [0.5, 0.6) is 23.0 Å². The van der Waals surface area contributed by atoms with Crippen LogP contribution in [-0.4, -0.2) is 92.6 Å². The van der Waals surface area contributed by atoms with Crippen LogP contribution in [-0.2, 0) is 16.1 Å². The van der Waals surface area contributed by atoms with Gasteiger partial charge in [0.1, 0.15) is 12.4 Å². The minimum atomic E-state index is -1.82. The van der Waals surface area contributed by atoms with Gasteiger partial charge in [0.25, 0.3) is 0 Å². The van der Waals surface area contributed by atoms with Crippen LogP contribution in [0.4, 0.5) is 0 Å². The molecule has 10 heteroatoms. The predicted molar refractivity (Wildman–Crippen MR) is 125 cm³/mol. The van der Waals surface area contributed by atoms with E-state index in [9.17, 15) is 0 Å². The lowest BCUT2D eigenvalue weighted by atomic mass is 10.1. The van der Waals surface area contributed by atoms with Crippen LogP contribution in [0.2, 0.25) is 0 Å². The Labute approximate surface area is 199 Å². The van der Waals surface area contributed by atoms with Gasteiger partial charge in [-0.15, -0.1) is 0 Å². The van der Waals surface area contributed by atoms with Crippen LogP contribution < -0.4 is 18.9 Å². The van der Waals surface area contributed by atoms with Crippen molar-refractivity contribution in [1.29, 1.82) is 0 Å². The first-order valence-electron chi connectivity index (χ1n) is 10.8. The number of para-hydroxylation sites is 1. The van der Waals surface area contributed by atoms with Crippen LogP contribution in [0, 0.1) is 0 Å². The van der Waals surface area contributed by atoms with Crippen molar-refractivity contribution in [3.63, 3.8) is 0 Å². The van der Waals surface area contributed by atoms with Crippen molar-refractivity contribution in [2.24, 2.45) is 0 Å². The fourth-order valence-corrected chi connectivity index (χ4v) is 3.51. The molecule has 3 rings (SSSR count). The summed E-state index contributed by atoms with van der Waals surface area (Å²) in [6, 6.07) is 14.0. The van der Waals surface area contributed by atoms with Crippen LogP contribution in [0.1, 0.15) is 5.56 Å². The summed E-state index contributed by atoms with van der Waals surface area (Å²) in [6.45, 7) is 6.60. The average Bonchev–Trinajstić information content (AvgIpc) is 2.85. The van der Waals surface area contributed by atoms with E-state index in [0.717, 1.165) is 56.3 Å². The minimum Gasteiger partial charge on any atom is -0.493 e.